The monoisotopic (exact) mass is 204 g/mol. The average molecular weight is 204 g/mol. The number of hydrogen-bond acceptors (Lipinski definition) is 1. The Morgan fingerprint density at radius 3 is 2.60 bits per heavy atom. The lowest BCUT2D eigenvalue weighted by Gasteiger charge is -2.14. The molecule has 1 aliphatic rings. The van der Waals surface area contributed by atoms with Crippen molar-refractivity contribution in [3.63, 3.8) is 0 Å². The topological polar surface area (TPSA) is 37.3 Å². The molecule has 0 amide bonds. The Bertz CT molecular complexity index is 423. The summed E-state index contributed by atoms with van der Waals surface area (Å²) in [6, 6.07) is 6.26. The second-order valence-corrected chi connectivity index (χ2v) is 4.83. The largest absolute Gasteiger partial charge is 0.481 e. The summed E-state index contributed by atoms with van der Waals surface area (Å²) in [5, 5.41) is 9.00. The van der Waals surface area contributed by atoms with Gasteiger partial charge in [-0.05, 0) is 31.4 Å². The van der Waals surface area contributed by atoms with Gasteiger partial charge in [0.15, 0.2) is 0 Å². The Hall–Kier alpha value is -1.31. The number of aryl methyl sites for hydroxylation is 2. The smallest absolute Gasteiger partial charge is 0.307 e. The summed E-state index contributed by atoms with van der Waals surface area (Å²) in [6.45, 7) is 6.16. The van der Waals surface area contributed by atoms with Crippen molar-refractivity contribution in [2.45, 2.75) is 32.6 Å². The lowest BCUT2D eigenvalue weighted by molar-refractivity contribution is -0.138. The molecule has 1 saturated carbocycles. The summed E-state index contributed by atoms with van der Waals surface area (Å²) in [5.74, 6) is -0.864. The van der Waals surface area contributed by atoms with Crippen molar-refractivity contribution in [2.75, 3.05) is 0 Å². The third-order valence-corrected chi connectivity index (χ3v) is 3.53. The SMILES string of the molecule is Cc1ccc(C2(C)CC2C(=O)O)c(C)c1. The Morgan fingerprint density at radius 2 is 2.13 bits per heavy atom. The molecule has 15 heavy (non-hydrogen) atoms. The third kappa shape index (κ3) is 1.54. The normalized spacial score (nSPS) is 28.9. The van der Waals surface area contributed by atoms with Crippen molar-refractivity contribution >= 4 is 5.97 Å². The number of aliphatic carboxylic acids is 1. The van der Waals surface area contributed by atoms with Gasteiger partial charge in [0.05, 0.1) is 5.92 Å². The molecule has 1 aliphatic carbocycles. The van der Waals surface area contributed by atoms with Gasteiger partial charge >= 0.3 is 5.97 Å². The number of hydrogen-bond donors (Lipinski definition) is 1. The van der Waals surface area contributed by atoms with E-state index in [-0.39, 0.29) is 11.3 Å². The minimum Gasteiger partial charge on any atom is -0.481 e. The third-order valence-electron chi connectivity index (χ3n) is 3.53. The molecule has 0 saturated heterocycles. The summed E-state index contributed by atoms with van der Waals surface area (Å²) in [7, 11) is 0. The van der Waals surface area contributed by atoms with Gasteiger partial charge in [0.25, 0.3) is 0 Å². The van der Waals surface area contributed by atoms with Crippen LogP contribution in [-0.2, 0) is 10.2 Å². The zero-order valence-electron chi connectivity index (χ0n) is 9.37. The molecule has 1 aromatic carbocycles. The van der Waals surface area contributed by atoms with Gasteiger partial charge in [0.1, 0.15) is 0 Å². The van der Waals surface area contributed by atoms with E-state index in [4.69, 9.17) is 5.11 Å². The highest BCUT2D eigenvalue weighted by molar-refractivity contribution is 5.77. The first-order chi connectivity index (χ1) is 6.95. The molecule has 0 spiro atoms. The van der Waals surface area contributed by atoms with Crippen LogP contribution in [0.2, 0.25) is 0 Å². The predicted octanol–water partition coefficient (Wildman–Crippen LogP) is 2.67. The van der Waals surface area contributed by atoms with Crippen LogP contribution in [0.25, 0.3) is 0 Å². The van der Waals surface area contributed by atoms with Gasteiger partial charge in [-0.15, -0.1) is 0 Å². The minimum atomic E-state index is -0.669. The van der Waals surface area contributed by atoms with Gasteiger partial charge in [-0.25, -0.2) is 0 Å². The Balaban J connectivity index is 2.36. The van der Waals surface area contributed by atoms with Crippen LogP contribution < -0.4 is 0 Å². The highest BCUT2D eigenvalue weighted by atomic mass is 16.4. The Labute approximate surface area is 89.9 Å². The number of carbonyl (C=O) groups is 1. The standard InChI is InChI=1S/C13H16O2/c1-8-4-5-10(9(2)6-8)13(3)7-11(13)12(14)15/h4-6,11H,7H2,1-3H3,(H,14,15). The highest BCUT2D eigenvalue weighted by Gasteiger charge is 2.56. The molecular weight excluding hydrogens is 188 g/mol. The number of rotatable bonds is 2. The second kappa shape index (κ2) is 3.09. The van der Waals surface area contributed by atoms with E-state index in [9.17, 15) is 4.79 Å². The van der Waals surface area contributed by atoms with Crippen molar-refractivity contribution < 1.29 is 9.90 Å². The molecule has 0 aromatic heterocycles. The first kappa shape index (κ1) is 10.2. The van der Waals surface area contributed by atoms with E-state index >= 15 is 0 Å². The van der Waals surface area contributed by atoms with E-state index < -0.39 is 5.97 Å². The summed E-state index contributed by atoms with van der Waals surface area (Å²) < 4.78 is 0. The summed E-state index contributed by atoms with van der Waals surface area (Å²) >= 11 is 0. The van der Waals surface area contributed by atoms with Gasteiger partial charge in [0, 0.05) is 5.41 Å². The van der Waals surface area contributed by atoms with Crippen LogP contribution in [0.4, 0.5) is 0 Å². The average Bonchev–Trinajstić information content (AvgIpc) is 2.78. The fraction of sp³-hybridized carbons (Fsp3) is 0.462. The number of carboxylic acids is 1. The van der Waals surface area contributed by atoms with Crippen LogP contribution in [0.5, 0.6) is 0 Å². The van der Waals surface area contributed by atoms with Crippen LogP contribution in [0.1, 0.15) is 30.0 Å². The van der Waals surface area contributed by atoms with Crippen molar-refractivity contribution in [1.29, 1.82) is 0 Å². The maximum absolute atomic E-state index is 10.9. The molecule has 2 atom stereocenters. The van der Waals surface area contributed by atoms with E-state index in [1.807, 2.05) is 6.92 Å². The van der Waals surface area contributed by atoms with Crippen LogP contribution in [0.3, 0.4) is 0 Å². The first-order valence-corrected chi connectivity index (χ1v) is 5.25. The van der Waals surface area contributed by atoms with Crippen molar-refractivity contribution in [3.8, 4) is 0 Å². The van der Waals surface area contributed by atoms with Crippen LogP contribution in [0, 0.1) is 19.8 Å². The molecule has 0 aliphatic heterocycles. The van der Waals surface area contributed by atoms with Gasteiger partial charge < -0.3 is 5.11 Å². The lowest BCUT2D eigenvalue weighted by atomic mass is 9.90. The van der Waals surface area contributed by atoms with Crippen LogP contribution >= 0.6 is 0 Å². The summed E-state index contributed by atoms with van der Waals surface area (Å²) in [4.78, 5) is 10.9. The minimum absolute atomic E-state index is 0.135. The van der Waals surface area contributed by atoms with E-state index in [0.29, 0.717) is 0 Å². The summed E-state index contributed by atoms with van der Waals surface area (Å²) in [5.41, 5.74) is 3.50. The maximum atomic E-state index is 10.9. The van der Waals surface area contributed by atoms with Gasteiger partial charge in [-0.2, -0.15) is 0 Å². The van der Waals surface area contributed by atoms with E-state index in [1.54, 1.807) is 0 Å². The molecule has 80 valence electrons. The molecule has 0 bridgehead atoms. The van der Waals surface area contributed by atoms with Crippen LogP contribution in [0.15, 0.2) is 18.2 Å². The molecule has 0 heterocycles. The molecule has 0 radical (unpaired) electrons. The molecule has 2 nitrogen and oxygen atoms in total. The highest BCUT2D eigenvalue weighted by Crippen LogP contribution is 2.54. The molecule has 1 fully saturated rings. The van der Waals surface area contributed by atoms with Gasteiger partial charge in [-0.1, -0.05) is 30.7 Å². The maximum Gasteiger partial charge on any atom is 0.307 e. The predicted molar refractivity (Wildman–Crippen MR) is 59.0 cm³/mol. The van der Waals surface area contributed by atoms with E-state index in [2.05, 4.69) is 32.0 Å². The fourth-order valence-electron chi connectivity index (χ4n) is 2.48. The van der Waals surface area contributed by atoms with Crippen molar-refractivity contribution in [2.24, 2.45) is 5.92 Å². The van der Waals surface area contributed by atoms with Crippen LogP contribution in [-0.4, -0.2) is 11.1 Å². The number of benzene rings is 1. The van der Waals surface area contributed by atoms with Gasteiger partial charge in [0.2, 0.25) is 0 Å². The zero-order chi connectivity index (χ0) is 11.2. The lowest BCUT2D eigenvalue weighted by Crippen LogP contribution is -2.12. The molecule has 2 heteroatoms. The summed E-state index contributed by atoms with van der Waals surface area (Å²) in [6.07, 6.45) is 0.770. The van der Waals surface area contributed by atoms with Gasteiger partial charge in [-0.3, -0.25) is 4.79 Å². The van der Waals surface area contributed by atoms with Crippen molar-refractivity contribution in [1.82, 2.24) is 0 Å². The van der Waals surface area contributed by atoms with E-state index in [0.717, 1.165) is 6.42 Å². The first-order valence-electron chi connectivity index (χ1n) is 5.25. The fourth-order valence-corrected chi connectivity index (χ4v) is 2.48. The Kier molecular flexibility index (Phi) is 2.10. The molecule has 2 rings (SSSR count). The zero-order valence-corrected chi connectivity index (χ0v) is 9.37. The van der Waals surface area contributed by atoms with Crippen molar-refractivity contribution in [3.05, 3.63) is 34.9 Å². The Morgan fingerprint density at radius 1 is 1.47 bits per heavy atom. The second-order valence-electron chi connectivity index (χ2n) is 4.83. The molecular formula is C13H16O2. The molecule has 1 N–H and O–H groups in total. The molecule has 2 unspecified atom stereocenters. The quantitative estimate of drug-likeness (QED) is 0.804. The number of carboxylic acid groups (broad SMARTS) is 1. The molecule has 1 aromatic rings. The van der Waals surface area contributed by atoms with E-state index in [1.165, 1.54) is 16.7 Å².